The maximum atomic E-state index is 11.8. The first-order chi connectivity index (χ1) is 8.27. The summed E-state index contributed by atoms with van der Waals surface area (Å²) in [6.45, 7) is 3.74. The molecule has 1 aromatic rings. The second kappa shape index (κ2) is 5.82. The largest absolute Gasteiger partial charge is 0.356 e. The number of amides is 1. The first-order valence-electron chi connectivity index (χ1n) is 6.26. The van der Waals surface area contributed by atoms with Crippen LogP contribution in [0, 0.1) is 5.92 Å². The van der Waals surface area contributed by atoms with E-state index >= 15 is 0 Å². The highest BCUT2D eigenvalue weighted by atomic mass is 16.1. The molecule has 0 aromatic carbocycles. The van der Waals surface area contributed by atoms with Crippen molar-refractivity contribution in [3.8, 4) is 0 Å². The van der Waals surface area contributed by atoms with Crippen LogP contribution in [0.4, 0.5) is 0 Å². The van der Waals surface area contributed by atoms with Crippen LogP contribution < -0.4 is 10.6 Å². The Morgan fingerprint density at radius 1 is 1.65 bits per heavy atom. The van der Waals surface area contributed by atoms with Gasteiger partial charge in [-0.15, -0.1) is 0 Å². The third kappa shape index (κ3) is 3.30. The maximum absolute atomic E-state index is 11.8. The fourth-order valence-electron chi connectivity index (χ4n) is 2.25. The van der Waals surface area contributed by atoms with Crippen molar-refractivity contribution in [2.75, 3.05) is 13.1 Å². The molecule has 1 aliphatic rings. The lowest BCUT2D eigenvalue weighted by molar-refractivity contribution is -0.125. The summed E-state index contributed by atoms with van der Waals surface area (Å²) >= 11 is 0. The summed E-state index contributed by atoms with van der Waals surface area (Å²) in [7, 11) is 0. The fourth-order valence-corrected chi connectivity index (χ4v) is 2.25. The molecular weight excluding hydrogens is 216 g/mol. The molecule has 17 heavy (non-hydrogen) atoms. The normalized spacial score (nSPS) is 23.8. The molecule has 1 aliphatic heterocycles. The molecule has 1 amide bonds. The molecule has 3 N–H and O–H groups in total. The molecule has 1 aromatic heterocycles. The smallest absolute Gasteiger partial charge is 0.224 e. The Kier molecular flexibility index (Phi) is 4.14. The number of aryl methyl sites for hydroxylation is 1. The highest BCUT2D eigenvalue weighted by Gasteiger charge is 2.28. The molecule has 2 unspecified atom stereocenters. The lowest BCUT2D eigenvalue weighted by atomic mass is 10.0. The predicted octanol–water partition coefficient (Wildman–Crippen LogP) is 0.457. The number of aromatic nitrogens is 2. The number of carbonyl (C=O) groups excluding carboxylic acids is 1. The number of H-pyrrole nitrogens is 1. The number of hydrogen-bond donors (Lipinski definition) is 3. The number of carbonyl (C=O) groups is 1. The summed E-state index contributed by atoms with van der Waals surface area (Å²) in [5.74, 6) is 1.30. The Morgan fingerprint density at radius 3 is 3.18 bits per heavy atom. The zero-order chi connectivity index (χ0) is 12.1. The van der Waals surface area contributed by atoms with Gasteiger partial charge in [-0.3, -0.25) is 4.79 Å². The van der Waals surface area contributed by atoms with Gasteiger partial charge in [0.1, 0.15) is 5.82 Å². The molecule has 0 spiro atoms. The number of hydrogen-bond acceptors (Lipinski definition) is 3. The molecule has 1 saturated heterocycles. The average Bonchev–Trinajstić information content (AvgIpc) is 2.95. The summed E-state index contributed by atoms with van der Waals surface area (Å²) in [5, 5.41) is 6.28. The van der Waals surface area contributed by atoms with Crippen LogP contribution in [0.3, 0.4) is 0 Å². The number of imidazole rings is 1. The quantitative estimate of drug-likeness (QED) is 0.650. The lowest BCUT2D eigenvalue weighted by Crippen LogP contribution is -2.37. The van der Waals surface area contributed by atoms with Gasteiger partial charge in [0.15, 0.2) is 0 Å². The van der Waals surface area contributed by atoms with Gasteiger partial charge in [0, 0.05) is 31.4 Å². The minimum Gasteiger partial charge on any atom is -0.356 e. The predicted molar refractivity (Wildman–Crippen MR) is 65.5 cm³/mol. The van der Waals surface area contributed by atoms with E-state index in [1.165, 1.54) is 0 Å². The molecule has 94 valence electrons. The van der Waals surface area contributed by atoms with Crippen molar-refractivity contribution >= 4 is 5.91 Å². The van der Waals surface area contributed by atoms with E-state index in [9.17, 15) is 4.79 Å². The van der Waals surface area contributed by atoms with Crippen molar-refractivity contribution in [3.05, 3.63) is 18.2 Å². The van der Waals surface area contributed by atoms with Crippen molar-refractivity contribution in [1.82, 2.24) is 20.6 Å². The topological polar surface area (TPSA) is 69.8 Å². The third-order valence-corrected chi connectivity index (χ3v) is 3.31. The van der Waals surface area contributed by atoms with E-state index in [1.54, 1.807) is 6.20 Å². The van der Waals surface area contributed by atoms with E-state index in [1.807, 2.05) is 6.20 Å². The molecule has 2 heterocycles. The SMILES string of the molecule is CC1NCCC1C(=O)NCCCc1ncc[nH]1. The third-order valence-electron chi connectivity index (χ3n) is 3.31. The maximum Gasteiger partial charge on any atom is 0.224 e. The van der Waals surface area contributed by atoms with Gasteiger partial charge in [0.05, 0.1) is 5.92 Å². The van der Waals surface area contributed by atoms with Crippen molar-refractivity contribution < 1.29 is 4.79 Å². The van der Waals surface area contributed by atoms with Crippen LogP contribution in [0.1, 0.15) is 25.6 Å². The van der Waals surface area contributed by atoms with Gasteiger partial charge in [0.2, 0.25) is 5.91 Å². The second-order valence-electron chi connectivity index (χ2n) is 4.57. The molecule has 0 aliphatic carbocycles. The summed E-state index contributed by atoms with van der Waals surface area (Å²) in [6.07, 6.45) is 6.32. The van der Waals surface area contributed by atoms with E-state index in [4.69, 9.17) is 0 Å². The van der Waals surface area contributed by atoms with Crippen LogP contribution in [0.15, 0.2) is 12.4 Å². The van der Waals surface area contributed by atoms with Gasteiger partial charge in [-0.2, -0.15) is 0 Å². The van der Waals surface area contributed by atoms with Gasteiger partial charge < -0.3 is 15.6 Å². The second-order valence-corrected chi connectivity index (χ2v) is 4.57. The van der Waals surface area contributed by atoms with Crippen LogP contribution >= 0.6 is 0 Å². The molecule has 0 bridgehead atoms. The number of aromatic amines is 1. The van der Waals surface area contributed by atoms with E-state index in [-0.39, 0.29) is 11.8 Å². The van der Waals surface area contributed by atoms with Gasteiger partial charge in [-0.05, 0) is 26.3 Å². The van der Waals surface area contributed by atoms with E-state index in [0.717, 1.165) is 38.2 Å². The monoisotopic (exact) mass is 236 g/mol. The van der Waals surface area contributed by atoms with Crippen LogP contribution in [0.5, 0.6) is 0 Å². The van der Waals surface area contributed by atoms with Gasteiger partial charge in [0.25, 0.3) is 0 Å². The molecule has 0 radical (unpaired) electrons. The van der Waals surface area contributed by atoms with E-state index < -0.39 is 0 Å². The highest BCUT2D eigenvalue weighted by molar-refractivity contribution is 5.79. The average molecular weight is 236 g/mol. The van der Waals surface area contributed by atoms with Crippen LogP contribution in [-0.4, -0.2) is 35.0 Å². The lowest BCUT2D eigenvalue weighted by Gasteiger charge is -2.14. The first-order valence-corrected chi connectivity index (χ1v) is 6.26. The molecule has 5 nitrogen and oxygen atoms in total. The zero-order valence-electron chi connectivity index (χ0n) is 10.2. The Hall–Kier alpha value is -1.36. The number of nitrogens with zero attached hydrogens (tertiary/aromatic N) is 1. The Balaban J connectivity index is 1.63. The van der Waals surface area contributed by atoms with Crippen LogP contribution in [0.25, 0.3) is 0 Å². The molecule has 1 fully saturated rings. The van der Waals surface area contributed by atoms with E-state index in [2.05, 4.69) is 27.5 Å². The van der Waals surface area contributed by atoms with Gasteiger partial charge in [-0.1, -0.05) is 0 Å². The minimum absolute atomic E-state index is 0.138. The first kappa shape index (κ1) is 12.1. The van der Waals surface area contributed by atoms with Crippen molar-refractivity contribution in [1.29, 1.82) is 0 Å². The molecule has 5 heteroatoms. The Labute approximate surface area is 101 Å². The molecular formula is C12H20N4O. The Bertz CT molecular complexity index is 349. The summed E-state index contributed by atoms with van der Waals surface area (Å²) in [5.41, 5.74) is 0. The van der Waals surface area contributed by atoms with Crippen molar-refractivity contribution in [2.24, 2.45) is 5.92 Å². The van der Waals surface area contributed by atoms with E-state index in [0.29, 0.717) is 6.04 Å². The molecule has 0 saturated carbocycles. The summed E-state index contributed by atoms with van der Waals surface area (Å²) in [6, 6.07) is 0.306. The van der Waals surface area contributed by atoms with Crippen molar-refractivity contribution in [2.45, 2.75) is 32.2 Å². The highest BCUT2D eigenvalue weighted by Crippen LogP contribution is 2.14. The van der Waals surface area contributed by atoms with Crippen LogP contribution in [0.2, 0.25) is 0 Å². The van der Waals surface area contributed by atoms with Crippen molar-refractivity contribution in [3.63, 3.8) is 0 Å². The minimum atomic E-state index is 0.138. The summed E-state index contributed by atoms with van der Waals surface area (Å²) in [4.78, 5) is 19.0. The number of rotatable bonds is 5. The van der Waals surface area contributed by atoms with Gasteiger partial charge in [-0.25, -0.2) is 4.98 Å². The van der Waals surface area contributed by atoms with Gasteiger partial charge >= 0.3 is 0 Å². The summed E-state index contributed by atoms with van der Waals surface area (Å²) < 4.78 is 0. The van der Waals surface area contributed by atoms with Crippen LogP contribution in [-0.2, 0) is 11.2 Å². The molecule has 2 atom stereocenters. The fraction of sp³-hybridized carbons (Fsp3) is 0.667. The zero-order valence-corrected chi connectivity index (χ0v) is 10.2. The Morgan fingerprint density at radius 2 is 2.53 bits per heavy atom. The number of nitrogens with one attached hydrogen (secondary N) is 3. The molecule has 2 rings (SSSR count). The standard InChI is InChI=1S/C12H20N4O/c1-9-10(4-6-13-9)12(17)16-5-2-3-11-14-7-8-15-11/h7-10,13H,2-6H2,1H3,(H,14,15)(H,16,17).